The number of likely N-dealkylation sites (N-methyl/N-ethyl adjacent to an activating group) is 1. The molecule has 0 amide bonds. The second-order valence-electron chi connectivity index (χ2n) is 4.05. The molecule has 4 N–H and O–H groups in total. The molecule has 1 aromatic rings. The predicted molar refractivity (Wildman–Crippen MR) is 64.5 cm³/mol. The van der Waals surface area contributed by atoms with Gasteiger partial charge in [-0.2, -0.15) is 0 Å². The lowest BCUT2D eigenvalue weighted by Gasteiger charge is -2.28. The summed E-state index contributed by atoms with van der Waals surface area (Å²) in [6.45, 7) is 5.84. The molecular formula is C12H22ClNO2. The van der Waals surface area contributed by atoms with Gasteiger partial charge in [-0.15, -0.1) is 0 Å². The quantitative estimate of drug-likeness (QED) is 0.429. The van der Waals surface area contributed by atoms with E-state index in [1.54, 1.807) is 0 Å². The minimum atomic E-state index is 0. The molecule has 0 aromatic heterocycles. The monoisotopic (exact) mass is 247 g/mol. The van der Waals surface area contributed by atoms with E-state index >= 15 is 0 Å². The number of benzene rings is 1. The van der Waals surface area contributed by atoms with Crippen molar-refractivity contribution in [1.82, 2.24) is 0 Å². The van der Waals surface area contributed by atoms with Gasteiger partial charge in [-0.25, -0.2) is 0 Å². The maximum atomic E-state index is 3.77. The lowest BCUT2D eigenvalue weighted by Crippen LogP contribution is -3.00. The number of rotatable bonds is 4. The molecule has 0 aliphatic rings. The maximum Gasteiger partial charge on any atom is 0.104 e. The van der Waals surface area contributed by atoms with Gasteiger partial charge in [-0.05, 0) is 6.08 Å². The fourth-order valence-corrected chi connectivity index (χ4v) is 1.49. The van der Waals surface area contributed by atoms with Crippen LogP contribution in [0.15, 0.2) is 43.0 Å². The highest BCUT2D eigenvalue weighted by molar-refractivity contribution is 5.13. The molecule has 0 radical (unpaired) electrons. The lowest BCUT2D eigenvalue weighted by molar-refractivity contribution is -0.897. The number of nitrogens with zero attached hydrogens (tertiary/aromatic N) is 1. The molecule has 0 aliphatic carbocycles. The van der Waals surface area contributed by atoms with Crippen LogP contribution in [0.1, 0.15) is 5.56 Å². The van der Waals surface area contributed by atoms with Crippen molar-refractivity contribution in [1.29, 1.82) is 0 Å². The van der Waals surface area contributed by atoms with E-state index in [-0.39, 0.29) is 23.4 Å². The minimum absolute atomic E-state index is 0. The maximum absolute atomic E-state index is 3.77. The van der Waals surface area contributed by atoms with Crippen LogP contribution in [0.4, 0.5) is 0 Å². The Bertz CT molecular complexity index is 276. The summed E-state index contributed by atoms with van der Waals surface area (Å²) in [6.07, 6.45) is 1.98. The summed E-state index contributed by atoms with van der Waals surface area (Å²) in [5.41, 5.74) is 1.38. The number of quaternary nitrogens is 1. The van der Waals surface area contributed by atoms with Gasteiger partial charge in [0.15, 0.2) is 0 Å². The first-order valence-corrected chi connectivity index (χ1v) is 4.61. The molecule has 1 aromatic carbocycles. The zero-order valence-corrected chi connectivity index (χ0v) is 10.7. The highest BCUT2D eigenvalue weighted by Gasteiger charge is 2.12. The molecule has 1 rings (SSSR count). The average Bonchev–Trinajstić information content (AvgIpc) is 2.04. The second kappa shape index (κ2) is 9.36. The summed E-state index contributed by atoms with van der Waals surface area (Å²) in [7, 11) is 4.43. The van der Waals surface area contributed by atoms with E-state index in [4.69, 9.17) is 0 Å². The minimum Gasteiger partial charge on any atom is -1.00 e. The van der Waals surface area contributed by atoms with E-state index in [0.29, 0.717) is 0 Å². The molecule has 0 fully saturated rings. The Morgan fingerprint density at radius 1 is 1.12 bits per heavy atom. The highest BCUT2D eigenvalue weighted by atomic mass is 35.5. The van der Waals surface area contributed by atoms with E-state index < -0.39 is 0 Å². The van der Waals surface area contributed by atoms with Crippen molar-refractivity contribution >= 4 is 0 Å². The van der Waals surface area contributed by atoms with Gasteiger partial charge in [0.1, 0.15) is 6.54 Å². The topological polar surface area (TPSA) is 63.0 Å². The van der Waals surface area contributed by atoms with Crippen molar-refractivity contribution in [2.24, 2.45) is 0 Å². The van der Waals surface area contributed by atoms with Crippen molar-refractivity contribution in [3.8, 4) is 0 Å². The summed E-state index contributed by atoms with van der Waals surface area (Å²) in [5, 5.41) is 0. The molecule has 0 saturated heterocycles. The van der Waals surface area contributed by atoms with Crippen LogP contribution in [0.3, 0.4) is 0 Å². The Morgan fingerprint density at radius 3 is 2.06 bits per heavy atom. The van der Waals surface area contributed by atoms with Crippen LogP contribution in [0, 0.1) is 0 Å². The largest absolute Gasteiger partial charge is 1.00 e. The van der Waals surface area contributed by atoms with Crippen molar-refractivity contribution in [3.05, 3.63) is 48.6 Å². The fourth-order valence-electron chi connectivity index (χ4n) is 1.49. The number of hydrogen-bond acceptors (Lipinski definition) is 0. The van der Waals surface area contributed by atoms with Crippen LogP contribution in [-0.2, 0) is 6.54 Å². The molecule has 94 valence electrons. The standard InChI is InChI=1S/C12H18N.ClH.2H2O/c1-4-10-13(2,3)11-12-8-6-5-7-9-12;;;/h4-9H,1,10-11H2,2-3H3;1H;2*1H2/q+1;;;/p-1. The first kappa shape index (κ1) is 20.5. The van der Waals surface area contributed by atoms with Gasteiger partial charge in [-0.3, -0.25) is 0 Å². The van der Waals surface area contributed by atoms with Crippen LogP contribution < -0.4 is 12.4 Å². The predicted octanol–water partition coefficient (Wildman–Crippen LogP) is -2.20. The molecule has 0 unspecified atom stereocenters. The average molecular weight is 248 g/mol. The number of hydrogen-bond donors (Lipinski definition) is 0. The van der Waals surface area contributed by atoms with E-state index in [2.05, 4.69) is 51.0 Å². The van der Waals surface area contributed by atoms with Crippen molar-refractivity contribution in [2.45, 2.75) is 6.54 Å². The van der Waals surface area contributed by atoms with Gasteiger partial charge in [0, 0.05) is 5.56 Å². The third-order valence-corrected chi connectivity index (χ3v) is 2.08. The number of halogens is 1. The third-order valence-electron chi connectivity index (χ3n) is 2.08. The summed E-state index contributed by atoms with van der Waals surface area (Å²) < 4.78 is 0.966. The van der Waals surface area contributed by atoms with Gasteiger partial charge >= 0.3 is 0 Å². The molecular weight excluding hydrogens is 226 g/mol. The SMILES string of the molecule is C=CC[N+](C)(C)Cc1ccccc1.O.O.[Cl-]. The van der Waals surface area contributed by atoms with Crippen LogP contribution in [0.2, 0.25) is 0 Å². The molecule has 0 aliphatic heterocycles. The first-order valence-electron chi connectivity index (χ1n) is 4.61. The lowest BCUT2D eigenvalue weighted by atomic mass is 10.2. The summed E-state index contributed by atoms with van der Waals surface area (Å²) >= 11 is 0. The van der Waals surface area contributed by atoms with Crippen LogP contribution in [0.25, 0.3) is 0 Å². The summed E-state index contributed by atoms with van der Waals surface area (Å²) in [6, 6.07) is 10.6. The van der Waals surface area contributed by atoms with E-state index in [1.165, 1.54) is 5.56 Å². The molecule has 0 saturated carbocycles. The Kier molecular flexibility index (Phi) is 12.0. The van der Waals surface area contributed by atoms with Gasteiger partial charge < -0.3 is 27.8 Å². The van der Waals surface area contributed by atoms with Crippen molar-refractivity contribution in [3.63, 3.8) is 0 Å². The second-order valence-corrected chi connectivity index (χ2v) is 4.05. The summed E-state index contributed by atoms with van der Waals surface area (Å²) in [4.78, 5) is 0. The van der Waals surface area contributed by atoms with Gasteiger partial charge in [0.25, 0.3) is 0 Å². The zero-order valence-electron chi connectivity index (χ0n) is 9.91. The Morgan fingerprint density at radius 2 is 1.62 bits per heavy atom. The van der Waals surface area contributed by atoms with E-state index in [9.17, 15) is 0 Å². The van der Waals surface area contributed by atoms with Crippen LogP contribution >= 0.6 is 0 Å². The fraction of sp³-hybridized carbons (Fsp3) is 0.333. The smallest absolute Gasteiger partial charge is 0.104 e. The summed E-state index contributed by atoms with van der Waals surface area (Å²) in [5.74, 6) is 0. The first-order chi connectivity index (χ1) is 6.14. The molecule has 16 heavy (non-hydrogen) atoms. The Balaban J connectivity index is -0.000000563. The van der Waals surface area contributed by atoms with Crippen LogP contribution in [-0.4, -0.2) is 36.1 Å². The third kappa shape index (κ3) is 7.43. The Hall–Kier alpha value is -0.870. The molecule has 3 nitrogen and oxygen atoms in total. The van der Waals surface area contributed by atoms with Gasteiger partial charge in [0.2, 0.25) is 0 Å². The van der Waals surface area contributed by atoms with Gasteiger partial charge in [0.05, 0.1) is 20.6 Å². The van der Waals surface area contributed by atoms with E-state index in [1.807, 2.05) is 6.08 Å². The molecule has 0 atom stereocenters. The molecule has 0 spiro atoms. The van der Waals surface area contributed by atoms with Crippen molar-refractivity contribution in [2.75, 3.05) is 20.6 Å². The highest BCUT2D eigenvalue weighted by Crippen LogP contribution is 2.08. The zero-order chi connectivity index (χ0) is 9.73. The van der Waals surface area contributed by atoms with Crippen LogP contribution in [0.5, 0.6) is 0 Å². The Labute approximate surface area is 104 Å². The molecule has 0 heterocycles. The molecule has 0 bridgehead atoms. The molecule has 4 heteroatoms. The van der Waals surface area contributed by atoms with Crippen molar-refractivity contribution < 1.29 is 27.8 Å². The normalized spacial score (nSPS) is 9.12. The van der Waals surface area contributed by atoms with Gasteiger partial charge in [-0.1, -0.05) is 36.9 Å². The van der Waals surface area contributed by atoms with E-state index in [0.717, 1.165) is 17.6 Å².